The normalized spacial score (nSPS) is 11.0. The number of fused-ring (bicyclic) bond motifs is 1. The van der Waals surface area contributed by atoms with E-state index in [-0.39, 0.29) is 0 Å². The van der Waals surface area contributed by atoms with Crippen LogP contribution in [-0.4, -0.2) is 14.2 Å². The fourth-order valence-corrected chi connectivity index (χ4v) is 4.23. The van der Waals surface area contributed by atoms with Gasteiger partial charge in [0.05, 0.1) is 14.2 Å². The van der Waals surface area contributed by atoms with E-state index in [1.54, 1.807) is 14.2 Å². The molecule has 5 rings (SSSR count). The first-order valence-corrected chi connectivity index (χ1v) is 11.6. The molecule has 0 aliphatic carbocycles. The van der Waals surface area contributed by atoms with Gasteiger partial charge in [-0.3, -0.25) is 0 Å². The molecule has 3 nitrogen and oxygen atoms in total. The zero-order valence-electron chi connectivity index (χ0n) is 19.9. The Labute approximate surface area is 206 Å². The van der Waals surface area contributed by atoms with Gasteiger partial charge in [-0.15, -0.1) is 0 Å². The largest absolute Gasteiger partial charge is 0.497 e. The molecule has 0 spiro atoms. The molecule has 0 fully saturated rings. The van der Waals surface area contributed by atoms with Crippen molar-refractivity contribution in [3.63, 3.8) is 0 Å². The van der Waals surface area contributed by atoms with Gasteiger partial charge in [0.15, 0.2) is 0 Å². The molecule has 0 N–H and O–H groups in total. The van der Waals surface area contributed by atoms with Crippen molar-refractivity contribution in [3.8, 4) is 11.5 Å². The predicted octanol–water partition coefficient (Wildman–Crippen LogP) is 8.50. The Morgan fingerprint density at radius 3 is 1.60 bits per heavy atom. The van der Waals surface area contributed by atoms with E-state index >= 15 is 0 Å². The molecule has 0 aliphatic rings. The van der Waals surface area contributed by atoms with Crippen molar-refractivity contribution in [1.82, 2.24) is 0 Å². The quantitative estimate of drug-likeness (QED) is 0.229. The zero-order valence-corrected chi connectivity index (χ0v) is 19.9. The lowest BCUT2D eigenvalue weighted by atomic mass is 10.0. The first-order chi connectivity index (χ1) is 17.2. The maximum atomic E-state index is 5.35. The van der Waals surface area contributed by atoms with Crippen molar-refractivity contribution in [2.45, 2.75) is 0 Å². The van der Waals surface area contributed by atoms with E-state index in [0.717, 1.165) is 34.1 Å². The molecule has 3 heteroatoms. The Kier molecular flexibility index (Phi) is 6.49. The molecule has 0 heterocycles. The third-order valence-corrected chi connectivity index (χ3v) is 6.09. The molecule has 0 aromatic heterocycles. The maximum Gasteiger partial charge on any atom is 0.119 e. The number of hydrogen-bond donors (Lipinski definition) is 0. The smallest absolute Gasteiger partial charge is 0.119 e. The van der Waals surface area contributed by atoms with Crippen molar-refractivity contribution in [3.05, 3.63) is 126 Å². The fourth-order valence-electron chi connectivity index (χ4n) is 4.23. The van der Waals surface area contributed by atoms with Crippen LogP contribution in [-0.2, 0) is 0 Å². The number of ether oxygens (including phenoxy) is 2. The van der Waals surface area contributed by atoms with E-state index in [1.807, 2.05) is 24.3 Å². The second kappa shape index (κ2) is 10.2. The highest BCUT2D eigenvalue weighted by molar-refractivity contribution is 5.93. The summed E-state index contributed by atoms with van der Waals surface area (Å²) in [7, 11) is 3.36. The molecule has 0 unspecified atom stereocenters. The van der Waals surface area contributed by atoms with E-state index in [0.29, 0.717) is 0 Å². The molecule has 35 heavy (non-hydrogen) atoms. The van der Waals surface area contributed by atoms with Crippen molar-refractivity contribution in [1.29, 1.82) is 0 Å². The molecular formula is C32H27NO2. The first kappa shape index (κ1) is 22.3. The second-order valence-corrected chi connectivity index (χ2v) is 8.22. The zero-order chi connectivity index (χ0) is 24.0. The molecule has 0 atom stereocenters. The minimum Gasteiger partial charge on any atom is -0.497 e. The van der Waals surface area contributed by atoms with Crippen molar-refractivity contribution < 1.29 is 9.47 Å². The predicted molar refractivity (Wildman–Crippen MR) is 147 cm³/mol. The summed E-state index contributed by atoms with van der Waals surface area (Å²) in [4.78, 5) is 2.22. The van der Waals surface area contributed by atoms with Crippen LogP contribution in [0.25, 0.3) is 22.9 Å². The molecule has 0 radical (unpaired) electrons. The number of rotatable bonds is 7. The fraction of sp³-hybridized carbons (Fsp3) is 0.0625. The van der Waals surface area contributed by atoms with Crippen LogP contribution in [0.15, 0.2) is 115 Å². The van der Waals surface area contributed by atoms with Crippen molar-refractivity contribution in [2.75, 3.05) is 19.1 Å². The molecule has 5 aromatic rings. The number of methoxy groups -OCH3 is 2. The molecule has 0 saturated carbocycles. The lowest BCUT2D eigenvalue weighted by molar-refractivity contribution is 0.415. The number of anilines is 3. The van der Waals surface area contributed by atoms with Crippen LogP contribution >= 0.6 is 0 Å². The monoisotopic (exact) mass is 457 g/mol. The van der Waals surface area contributed by atoms with Crippen LogP contribution in [0.2, 0.25) is 0 Å². The number of hydrogen-bond acceptors (Lipinski definition) is 3. The third-order valence-electron chi connectivity index (χ3n) is 6.09. The highest BCUT2D eigenvalue weighted by Crippen LogP contribution is 2.36. The molecular weight excluding hydrogens is 430 g/mol. The molecule has 5 aromatic carbocycles. The summed E-state index contributed by atoms with van der Waals surface area (Å²) in [6.45, 7) is 0. The van der Waals surface area contributed by atoms with Gasteiger partial charge < -0.3 is 14.4 Å². The Morgan fingerprint density at radius 2 is 1.03 bits per heavy atom. The minimum absolute atomic E-state index is 0.831. The van der Waals surface area contributed by atoms with Gasteiger partial charge >= 0.3 is 0 Å². The summed E-state index contributed by atoms with van der Waals surface area (Å²) in [6, 6.07) is 39.7. The summed E-state index contributed by atoms with van der Waals surface area (Å²) in [5, 5.41) is 2.51. The molecule has 0 aliphatic heterocycles. The van der Waals surface area contributed by atoms with E-state index in [4.69, 9.17) is 9.47 Å². The van der Waals surface area contributed by atoms with Gasteiger partial charge in [0.1, 0.15) is 11.5 Å². The summed E-state index contributed by atoms with van der Waals surface area (Å²) in [5.41, 5.74) is 5.53. The highest BCUT2D eigenvalue weighted by atomic mass is 16.5. The SMILES string of the molecule is COc1ccc(N(c2ccc(/C=C/c3cccc4ccccc34)cc2)c2ccc(OC)cc2)cc1. The highest BCUT2D eigenvalue weighted by Gasteiger charge is 2.13. The van der Waals surface area contributed by atoms with Gasteiger partial charge in [0, 0.05) is 17.1 Å². The Bertz CT molecular complexity index is 1380. The van der Waals surface area contributed by atoms with Crippen LogP contribution < -0.4 is 14.4 Å². The lowest BCUT2D eigenvalue weighted by Gasteiger charge is -2.26. The van der Waals surface area contributed by atoms with Gasteiger partial charge in [-0.25, -0.2) is 0 Å². The van der Waals surface area contributed by atoms with Crippen molar-refractivity contribution in [2.24, 2.45) is 0 Å². The van der Waals surface area contributed by atoms with Crippen molar-refractivity contribution >= 4 is 40.0 Å². The molecule has 0 saturated heterocycles. The minimum atomic E-state index is 0.831. The Hall–Kier alpha value is -4.50. The van der Waals surface area contributed by atoms with E-state index < -0.39 is 0 Å². The standard InChI is InChI=1S/C32H27NO2/c1-34-30-20-16-28(17-21-30)33(29-18-22-31(35-2)23-19-29)27-14-11-24(12-15-27)10-13-26-8-5-7-25-6-3-4-9-32(25)26/h3-23H,1-2H3/b13-10+. The van der Waals surface area contributed by atoms with E-state index in [1.165, 1.54) is 16.3 Å². The molecule has 0 amide bonds. The van der Waals surface area contributed by atoms with Gasteiger partial charge in [0.25, 0.3) is 0 Å². The molecule has 0 bridgehead atoms. The third kappa shape index (κ3) is 4.90. The van der Waals surface area contributed by atoms with Crippen LogP contribution in [0, 0.1) is 0 Å². The average molecular weight is 458 g/mol. The Morgan fingerprint density at radius 1 is 0.514 bits per heavy atom. The van der Waals surface area contributed by atoms with Gasteiger partial charge in [-0.05, 0) is 82.6 Å². The van der Waals surface area contributed by atoms with E-state index in [9.17, 15) is 0 Å². The van der Waals surface area contributed by atoms with Gasteiger partial charge in [0.2, 0.25) is 0 Å². The van der Waals surface area contributed by atoms with Crippen LogP contribution in [0.5, 0.6) is 11.5 Å². The van der Waals surface area contributed by atoms with Gasteiger partial charge in [-0.1, -0.05) is 66.7 Å². The summed E-state index contributed by atoms with van der Waals surface area (Å²) < 4.78 is 10.7. The van der Waals surface area contributed by atoms with E-state index in [2.05, 4.69) is 108 Å². The van der Waals surface area contributed by atoms with Crippen LogP contribution in [0.1, 0.15) is 11.1 Å². The number of benzene rings is 5. The average Bonchev–Trinajstić information content (AvgIpc) is 2.93. The summed E-state index contributed by atoms with van der Waals surface area (Å²) in [6.07, 6.45) is 4.35. The first-order valence-electron chi connectivity index (χ1n) is 11.6. The second-order valence-electron chi connectivity index (χ2n) is 8.22. The summed E-state index contributed by atoms with van der Waals surface area (Å²) in [5.74, 6) is 1.66. The van der Waals surface area contributed by atoms with Crippen LogP contribution in [0.4, 0.5) is 17.1 Å². The molecule has 172 valence electrons. The maximum absolute atomic E-state index is 5.35. The topological polar surface area (TPSA) is 21.7 Å². The summed E-state index contributed by atoms with van der Waals surface area (Å²) >= 11 is 0. The van der Waals surface area contributed by atoms with Gasteiger partial charge in [-0.2, -0.15) is 0 Å². The Balaban J connectivity index is 1.46. The lowest BCUT2D eigenvalue weighted by Crippen LogP contribution is -2.09. The number of nitrogens with zero attached hydrogens (tertiary/aromatic N) is 1. The van der Waals surface area contributed by atoms with Crippen LogP contribution in [0.3, 0.4) is 0 Å².